The lowest BCUT2D eigenvalue weighted by Gasteiger charge is -2.35. The molecule has 6 heteroatoms. The molecular formula is C20H26N6. The van der Waals surface area contributed by atoms with Crippen molar-refractivity contribution in [1.82, 2.24) is 29.4 Å². The smallest absolute Gasteiger partial charge is 0.154 e. The van der Waals surface area contributed by atoms with E-state index in [-0.39, 0.29) is 6.04 Å². The van der Waals surface area contributed by atoms with Crippen LogP contribution < -0.4 is 0 Å². The van der Waals surface area contributed by atoms with Crippen LogP contribution in [0.4, 0.5) is 0 Å². The van der Waals surface area contributed by atoms with E-state index in [2.05, 4.69) is 67.6 Å². The van der Waals surface area contributed by atoms with Crippen molar-refractivity contribution in [3.63, 3.8) is 0 Å². The van der Waals surface area contributed by atoms with Crippen molar-refractivity contribution in [2.24, 2.45) is 0 Å². The summed E-state index contributed by atoms with van der Waals surface area (Å²) in [4.78, 5) is 2.54. The van der Waals surface area contributed by atoms with E-state index in [1.165, 1.54) is 24.1 Å². The highest BCUT2D eigenvalue weighted by atomic mass is 15.3. The average Bonchev–Trinajstić information content (AvgIpc) is 3.30. The van der Waals surface area contributed by atoms with E-state index in [0.29, 0.717) is 0 Å². The van der Waals surface area contributed by atoms with Gasteiger partial charge in [0.2, 0.25) is 0 Å². The fraction of sp³-hybridized carbons (Fsp3) is 0.450. The van der Waals surface area contributed by atoms with Crippen LogP contribution in [0, 0.1) is 6.92 Å². The molecule has 0 radical (unpaired) electrons. The number of likely N-dealkylation sites (tertiary alicyclic amines) is 1. The summed E-state index contributed by atoms with van der Waals surface area (Å²) >= 11 is 0. The van der Waals surface area contributed by atoms with Gasteiger partial charge < -0.3 is 0 Å². The van der Waals surface area contributed by atoms with Crippen LogP contribution in [0.5, 0.6) is 0 Å². The molecule has 4 rings (SSSR count). The summed E-state index contributed by atoms with van der Waals surface area (Å²) in [5, 5.41) is 13.2. The molecule has 0 unspecified atom stereocenters. The van der Waals surface area contributed by atoms with E-state index >= 15 is 0 Å². The van der Waals surface area contributed by atoms with Gasteiger partial charge in [0.1, 0.15) is 6.33 Å². The van der Waals surface area contributed by atoms with Crippen molar-refractivity contribution in [2.75, 3.05) is 6.54 Å². The van der Waals surface area contributed by atoms with E-state index in [9.17, 15) is 0 Å². The van der Waals surface area contributed by atoms with Crippen molar-refractivity contribution in [3.05, 3.63) is 59.9 Å². The lowest BCUT2D eigenvalue weighted by Crippen LogP contribution is -2.34. The van der Waals surface area contributed by atoms with Gasteiger partial charge in [0.25, 0.3) is 0 Å². The molecule has 26 heavy (non-hydrogen) atoms. The average molecular weight is 350 g/mol. The van der Waals surface area contributed by atoms with Gasteiger partial charge in [-0.15, -0.1) is 10.2 Å². The summed E-state index contributed by atoms with van der Waals surface area (Å²) in [6, 6.07) is 10.6. The lowest BCUT2D eigenvalue weighted by atomic mass is 10.0. The van der Waals surface area contributed by atoms with E-state index in [0.717, 1.165) is 37.6 Å². The minimum atomic E-state index is 0.288. The first-order valence-corrected chi connectivity index (χ1v) is 9.48. The first kappa shape index (κ1) is 17.0. The molecule has 3 aromatic rings. The van der Waals surface area contributed by atoms with Gasteiger partial charge in [0.15, 0.2) is 5.82 Å². The van der Waals surface area contributed by atoms with Crippen LogP contribution in [0.15, 0.2) is 42.9 Å². The number of piperidine rings is 1. The number of para-hydroxylation sites is 1. The zero-order valence-corrected chi connectivity index (χ0v) is 15.5. The number of rotatable bonds is 5. The topological polar surface area (TPSA) is 51.8 Å². The summed E-state index contributed by atoms with van der Waals surface area (Å²) in [7, 11) is 0. The van der Waals surface area contributed by atoms with Crippen LogP contribution in [0.3, 0.4) is 0 Å². The maximum absolute atomic E-state index is 4.51. The van der Waals surface area contributed by atoms with Gasteiger partial charge in [0.05, 0.1) is 12.2 Å². The molecule has 0 saturated carbocycles. The molecule has 3 heterocycles. The van der Waals surface area contributed by atoms with E-state index in [4.69, 9.17) is 0 Å². The van der Waals surface area contributed by atoms with Crippen molar-refractivity contribution in [1.29, 1.82) is 0 Å². The van der Waals surface area contributed by atoms with Crippen molar-refractivity contribution in [3.8, 4) is 5.69 Å². The van der Waals surface area contributed by atoms with Crippen LogP contribution in [-0.2, 0) is 13.1 Å². The maximum atomic E-state index is 4.51. The Morgan fingerprint density at radius 1 is 1.15 bits per heavy atom. The molecule has 1 aliphatic heterocycles. The molecule has 1 aliphatic rings. The summed E-state index contributed by atoms with van der Waals surface area (Å²) in [6.45, 7) is 7.21. The second kappa shape index (κ2) is 7.41. The van der Waals surface area contributed by atoms with Crippen LogP contribution in [0.1, 0.15) is 49.3 Å². The first-order valence-electron chi connectivity index (χ1n) is 9.48. The van der Waals surface area contributed by atoms with Crippen molar-refractivity contribution < 1.29 is 0 Å². The summed E-state index contributed by atoms with van der Waals surface area (Å²) < 4.78 is 4.20. The van der Waals surface area contributed by atoms with Gasteiger partial charge in [-0.2, -0.15) is 5.10 Å². The quantitative estimate of drug-likeness (QED) is 0.706. The number of aromatic nitrogens is 5. The van der Waals surface area contributed by atoms with E-state index < -0.39 is 0 Å². The number of hydrogen-bond donors (Lipinski definition) is 0. The Kier molecular flexibility index (Phi) is 4.84. The summed E-state index contributed by atoms with van der Waals surface area (Å²) in [6.07, 6.45) is 7.43. The highest BCUT2D eigenvalue weighted by molar-refractivity contribution is 5.32. The third-order valence-electron chi connectivity index (χ3n) is 5.40. The molecule has 6 nitrogen and oxygen atoms in total. The monoisotopic (exact) mass is 350 g/mol. The molecule has 136 valence electrons. The van der Waals surface area contributed by atoms with Gasteiger partial charge in [0, 0.05) is 30.0 Å². The Morgan fingerprint density at radius 2 is 2.00 bits per heavy atom. The second-order valence-electron chi connectivity index (χ2n) is 6.95. The molecule has 0 bridgehead atoms. The molecule has 0 N–H and O–H groups in total. The largest absolute Gasteiger partial charge is 0.289 e. The number of benzene rings is 1. The number of aryl methyl sites for hydroxylation is 1. The molecule has 0 aliphatic carbocycles. The Hall–Kier alpha value is -2.47. The highest BCUT2D eigenvalue weighted by Crippen LogP contribution is 2.32. The molecule has 1 saturated heterocycles. The van der Waals surface area contributed by atoms with Crippen LogP contribution in [-0.4, -0.2) is 36.0 Å². The molecule has 0 spiro atoms. The third-order valence-corrected chi connectivity index (χ3v) is 5.40. The summed E-state index contributed by atoms with van der Waals surface area (Å²) in [5.74, 6) is 1.04. The SMILES string of the molecule is CCn1ncc(CN2CCCC[C@H]2c2nncn2-c2ccccc2)c1C. The maximum Gasteiger partial charge on any atom is 0.154 e. The van der Waals surface area contributed by atoms with Crippen LogP contribution >= 0.6 is 0 Å². The Labute approximate surface area is 154 Å². The fourth-order valence-corrected chi connectivity index (χ4v) is 3.91. The Bertz CT molecular complexity index is 850. The van der Waals surface area contributed by atoms with Gasteiger partial charge in [-0.05, 0) is 45.4 Å². The minimum absolute atomic E-state index is 0.288. The second-order valence-corrected chi connectivity index (χ2v) is 6.95. The van der Waals surface area contributed by atoms with Gasteiger partial charge in [-0.3, -0.25) is 14.1 Å². The fourth-order valence-electron chi connectivity index (χ4n) is 3.91. The zero-order chi connectivity index (χ0) is 17.9. The van der Waals surface area contributed by atoms with Crippen LogP contribution in [0.25, 0.3) is 5.69 Å². The van der Waals surface area contributed by atoms with Crippen molar-refractivity contribution in [2.45, 2.75) is 52.2 Å². The Balaban J connectivity index is 1.62. The predicted octanol–water partition coefficient (Wildman–Crippen LogP) is 3.52. The molecule has 1 aromatic carbocycles. The van der Waals surface area contributed by atoms with Crippen molar-refractivity contribution >= 4 is 0 Å². The molecule has 1 atom stereocenters. The van der Waals surface area contributed by atoms with Crippen LogP contribution in [0.2, 0.25) is 0 Å². The standard InChI is InChI=1S/C20H26N6/c1-3-26-16(2)17(13-22-26)14-24-12-8-7-11-19(24)20-23-21-15-25(20)18-9-5-4-6-10-18/h4-6,9-10,13,15,19H,3,7-8,11-12,14H2,1-2H3/t19-/m0/s1. The number of nitrogens with zero attached hydrogens (tertiary/aromatic N) is 6. The zero-order valence-electron chi connectivity index (χ0n) is 15.5. The molecule has 2 aromatic heterocycles. The first-order chi connectivity index (χ1) is 12.8. The third kappa shape index (κ3) is 3.17. The van der Waals surface area contributed by atoms with E-state index in [1.807, 2.05) is 18.6 Å². The Morgan fingerprint density at radius 3 is 2.77 bits per heavy atom. The highest BCUT2D eigenvalue weighted by Gasteiger charge is 2.29. The van der Waals surface area contributed by atoms with Gasteiger partial charge in [-0.1, -0.05) is 24.6 Å². The molecule has 0 amide bonds. The minimum Gasteiger partial charge on any atom is -0.289 e. The van der Waals surface area contributed by atoms with E-state index in [1.54, 1.807) is 0 Å². The van der Waals surface area contributed by atoms with Gasteiger partial charge in [-0.25, -0.2) is 0 Å². The van der Waals surface area contributed by atoms with Gasteiger partial charge >= 0.3 is 0 Å². The normalized spacial score (nSPS) is 18.3. The number of hydrogen-bond acceptors (Lipinski definition) is 4. The lowest BCUT2D eigenvalue weighted by molar-refractivity contribution is 0.132. The summed E-state index contributed by atoms with van der Waals surface area (Å²) in [5.41, 5.74) is 3.69. The molecule has 1 fully saturated rings. The predicted molar refractivity (Wildman–Crippen MR) is 101 cm³/mol. The molecular weight excluding hydrogens is 324 g/mol.